The monoisotopic (exact) mass is 756 g/mol. The predicted molar refractivity (Wildman–Crippen MR) is 232 cm³/mol. The Morgan fingerprint density at radius 1 is 0.556 bits per heavy atom. The fraction of sp³-hybridized carbons (Fsp3) is 0.750. The van der Waals surface area contributed by atoms with Gasteiger partial charge >= 0.3 is 5.97 Å². The Morgan fingerprint density at radius 2 is 1.06 bits per heavy atom. The van der Waals surface area contributed by atoms with Gasteiger partial charge in [0.25, 0.3) is 0 Å². The molecule has 0 bridgehead atoms. The lowest BCUT2D eigenvalue weighted by atomic mass is 10.0. The molecule has 0 aliphatic carbocycles. The highest BCUT2D eigenvalue weighted by Gasteiger charge is 2.24. The van der Waals surface area contributed by atoms with E-state index >= 15 is 0 Å². The maximum absolute atomic E-state index is 13.1. The number of aliphatic hydroxyl groups is 2. The van der Waals surface area contributed by atoms with Gasteiger partial charge in [-0.25, -0.2) is 0 Å². The number of esters is 1. The number of amides is 1. The number of allylic oxidation sites excluding steroid dienone is 10. The van der Waals surface area contributed by atoms with E-state index in [4.69, 9.17) is 4.74 Å². The van der Waals surface area contributed by atoms with Crippen molar-refractivity contribution in [3.8, 4) is 0 Å². The van der Waals surface area contributed by atoms with Crippen LogP contribution < -0.4 is 5.32 Å². The Bertz CT molecular complexity index is 984. The molecule has 0 saturated heterocycles. The van der Waals surface area contributed by atoms with Crippen LogP contribution in [0.4, 0.5) is 0 Å². The van der Waals surface area contributed by atoms with Crippen molar-refractivity contribution in [3.63, 3.8) is 0 Å². The van der Waals surface area contributed by atoms with Crippen molar-refractivity contribution in [2.45, 2.75) is 225 Å². The summed E-state index contributed by atoms with van der Waals surface area (Å²) in [7, 11) is 0. The van der Waals surface area contributed by atoms with E-state index in [0.717, 1.165) is 64.2 Å². The van der Waals surface area contributed by atoms with E-state index in [9.17, 15) is 19.8 Å². The molecule has 0 rings (SSSR count). The minimum absolute atomic E-state index is 0.0269. The molecule has 0 aliphatic rings. The van der Waals surface area contributed by atoms with Crippen molar-refractivity contribution in [2.75, 3.05) is 6.61 Å². The van der Waals surface area contributed by atoms with Crippen LogP contribution in [0, 0.1) is 0 Å². The van der Waals surface area contributed by atoms with Crippen LogP contribution >= 0.6 is 0 Å². The number of rotatable bonds is 39. The Kier molecular flexibility index (Phi) is 39.8. The summed E-state index contributed by atoms with van der Waals surface area (Å²) >= 11 is 0. The second kappa shape index (κ2) is 41.7. The topological polar surface area (TPSA) is 95.9 Å². The Hall–Kier alpha value is -2.44. The van der Waals surface area contributed by atoms with E-state index in [-0.39, 0.29) is 24.9 Å². The number of ether oxygens (including phenoxy) is 1. The normalized spacial score (nSPS) is 13.9. The molecule has 0 saturated carbocycles. The van der Waals surface area contributed by atoms with Crippen LogP contribution in [-0.4, -0.2) is 46.9 Å². The van der Waals surface area contributed by atoms with E-state index in [1.807, 2.05) is 36.5 Å². The summed E-state index contributed by atoms with van der Waals surface area (Å²) in [6.45, 7) is 6.26. The summed E-state index contributed by atoms with van der Waals surface area (Å²) in [6, 6.07) is -0.723. The van der Waals surface area contributed by atoms with Crippen LogP contribution in [0.1, 0.15) is 207 Å². The molecule has 6 nitrogen and oxygen atoms in total. The number of nitrogens with one attached hydrogen (secondary N) is 1. The Labute approximate surface area is 333 Å². The van der Waals surface area contributed by atoms with E-state index in [2.05, 4.69) is 50.4 Å². The molecule has 3 atom stereocenters. The first-order valence-electron chi connectivity index (χ1n) is 22.6. The summed E-state index contributed by atoms with van der Waals surface area (Å²) in [6.07, 6.45) is 50.0. The number of hydrogen-bond donors (Lipinski definition) is 3. The van der Waals surface area contributed by atoms with Gasteiger partial charge in [0.1, 0.15) is 6.10 Å². The fourth-order valence-electron chi connectivity index (χ4n) is 6.48. The standard InChI is InChI=1S/C48H85NO5/c1-4-7-10-13-16-19-22-23-26-28-31-34-37-40-46(51)45(43-50)49-47(52)42-44(39-36-33-30-27-24-20-17-14-11-8-5-2)54-48(53)41-38-35-32-29-25-21-18-15-12-9-6-3/h8,11,14-15,17-18,20,24,27,30,44-46,50-51H,4-7,9-10,12-13,16,19,21-23,25-26,28-29,31-43H2,1-3H3,(H,49,52)/b11-8+,17-14+,18-15-,24-20-,30-27-. The van der Waals surface area contributed by atoms with Gasteiger partial charge in [0, 0.05) is 6.42 Å². The van der Waals surface area contributed by atoms with Crippen molar-refractivity contribution in [1.29, 1.82) is 0 Å². The molecule has 3 N–H and O–H groups in total. The van der Waals surface area contributed by atoms with Gasteiger partial charge in [-0.05, 0) is 57.8 Å². The Balaban J connectivity index is 4.66. The summed E-state index contributed by atoms with van der Waals surface area (Å²) in [5, 5.41) is 23.6. The summed E-state index contributed by atoms with van der Waals surface area (Å²) in [4.78, 5) is 25.9. The van der Waals surface area contributed by atoms with Crippen molar-refractivity contribution in [2.24, 2.45) is 0 Å². The third-order valence-corrected chi connectivity index (χ3v) is 9.93. The van der Waals surface area contributed by atoms with E-state index < -0.39 is 18.2 Å². The molecule has 0 aromatic heterocycles. The second-order valence-electron chi connectivity index (χ2n) is 15.2. The average Bonchev–Trinajstić information content (AvgIpc) is 3.16. The average molecular weight is 756 g/mol. The van der Waals surface area contributed by atoms with Crippen LogP contribution in [0.25, 0.3) is 0 Å². The van der Waals surface area contributed by atoms with Crippen LogP contribution in [0.15, 0.2) is 60.8 Å². The van der Waals surface area contributed by atoms with Crippen LogP contribution in [0.2, 0.25) is 0 Å². The molecular weight excluding hydrogens is 671 g/mol. The van der Waals surface area contributed by atoms with Crippen LogP contribution in [0.5, 0.6) is 0 Å². The molecule has 0 heterocycles. The molecule has 312 valence electrons. The highest BCUT2D eigenvalue weighted by atomic mass is 16.5. The zero-order valence-electron chi connectivity index (χ0n) is 35.3. The molecule has 0 aliphatic heterocycles. The number of carbonyl (C=O) groups excluding carboxylic acids is 2. The van der Waals surface area contributed by atoms with Crippen LogP contribution in [-0.2, 0) is 14.3 Å². The highest BCUT2D eigenvalue weighted by molar-refractivity contribution is 5.77. The third-order valence-electron chi connectivity index (χ3n) is 9.93. The molecule has 0 spiro atoms. The quantitative estimate of drug-likeness (QED) is 0.0251. The van der Waals surface area contributed by atoms with Gasteiger partial charge in [-0.1, -0.05) is 197 Å². The number of carbonyl (C=O) groups is 2. The molecule has 0 aromatic rings. The SMILES string of the molecule is CC/C=C/C=C/C=C\C=C/CCCC(CC(=O)NC(CO)C(O)CCCCCCCCCCCCCCC)OC(=O)CCCCCCC/C=C\CCCC. The van der Waals surface area contributed by atoms with Gasteiger partial charge < -0.3 is 20.3 Å². The fourth-order valence-corrected chi connectivity index (χ4v) is 6.48. The van der Waals surface area contributed by atoms with Crippen molar-refractivity contribution < 1.29 is 24.5 Å². The Morgan fingerprint density at radius 3 is 1.65 bits per heavy atom. The molecule has 3 unspecified atom stereocenters. The number of unbranched alkanes of at least 4 members (excludes halogenated alkanes) is 20. The largest absolute Gasteiger partial charge is 0.462 e. The lowest BCUT2D eigenvalue weighted by Gasteiger charge is -2.24. The lowest BCUT2D eigenvalue weighted by molar-refractivity contribution is -0.151. The van der Waals surface area contributed by atoms with E-state index in [1.165, 1.54) is 96.3 Å². The molecule has 0 radical (unpaired) electrons. The van der Waals surface area contributed by atoms with E-state index in [0.29, 0.717) is 19.3 Å². The minimum atomic E-state index is -0.805. The van der Waals surface area contributed by atoms with Gasteiger partial charge in [0.15, 0.2) is 0 Å². The van der Waals surface area contributed by atoms with Gasteiger partial charge in [0.2, 0.25) is 5.91 Å². The highest BCUT2D eigenvalue weighted by Crippen LogP contribution is 2.16. The first-order valence-corrected chi connectivity index (χ1v) is 22.6. The van der Waals surface area contributed by atoms with Crippen molar-refractivity contribution in [3.05, 3.63) is 60.8 Å². The third kappa shape index (κ3) is 36.5. The van der Waals surface area contributed by atoms with Gasteiger partial charge in [-0.15, -0.1) is 0 Å². The molecule has 0 fully saturated rings. The molecule has 54 heavy (non-hydrogen) atoms. The zero-order chi connectivity index (χ0) is 39.6. The lowest BCUT2D eigenvalue weighted by Crippen LogP contribution is -2.46. The van der Waals surface area contributed by atoms with Crippen LogP contribution in [0.3, 0.4) is 0 Å². The molecular formula is C48H85NO5. The summed E-state index contributed by atoms with van der Waals surface area (Å²) in [5.41, 5.74) is 0. The van der Waals surface area contributed by atoms with Gasteiger partial charge in [-0.2, -0.15) is 0 Å². The van der Waals surface area contributed by atoms with Crippen molar-refractivity contribution >= 4 is 11.9 Å². The van der Waals surface area contributed by atoms with Crippen molar-refractivity contribution in [1.82, 2.24) is 5.32 Å². The first kappa shape index (κ1) is 51.6. The molecule has 6 heteroatoms. The van der Waals surface area contributed by atoms with Gasteiger partial charge in [0.05, 0.1) is 25.2 Å². The predicted octanol–water partition coefficient (Wildman–Crippen LogP) is 12.9. The molecule has 1 amide bonds. The maximum atomic E-state index is 13.1. The minimum Gasteiger partial charge on any atom is -0.462 e. The van der Waals surface area contributed by atoms with Gasteiger partial charge in [-0.3, -0.25) is 9.59 Å². The zero-order valence-corrected chi connectivity index (χ0v) is 35.3. The number of aliphatic hydroxyl groups excluding tert-OH is 2. The summed E-state index contributed by atoms with van der Waals surface area (Å²) in [5.74, 6) is -0.558. The second-order valence-corrected chi connectivity index (χ2v) is 15.2. The smallest absolute Gasteiger partial charge is 0.306 e. The van der Waals surface area contributed by atoms with E-state index in [1.54, 1.807) is 0 Å². The molecule has 0 aromatic carbocycles. The summed E-state index contributed by atoms with van der Waals surface area (Å²) < 4.78 is 5.85. The first-order chi connectivity index (χ1) is 26.5. The maximum Gasteiger partial charge on any atom is 0.306 e. The number of hydrogen-bond acceptors (Lipinski definition) is 5.